The van der Waals surface area contributed by atoms with Gasteiger partial charge in [-0.1, -0.05) is 0 Å². The van der Waals surface area contributed by atoms with E-state index >= 15 is 0 Å². The Bertz CT molecular complexity index is 410. The first kappa shape index (κ1) is 12.6. The third-order valence-corrected chi connectivity index (χ3v) is 4.37. The molecule has 17 heavy (non-hydrogen) atoms. The maximum absolute atomic E-state index is 11.7. The lowest BCUT2D eigenvalue weighted by atomic mass is 9.90. The summed E-state index contributed by atoms with van der Waals surface area (Å²) in [7, 11) is -3.37. The molecule has 0 radical (unpaired) electrons. The van der Waals surface area contributed by atoms with Crippen molar-refractivity contribution in [3.8, 4) is 0 Å². The van der Waals surface area contributed by atoms with Gasteiger partial charge in [-0.15, -0.1) is 0 Å². The molecule has 1 spiro atoms. The first-order valence-electron chi connectivity index (χ1n) is 5.78. The highest BCUT2D eigenvalue weighted by Crippen LogP contribution is 2.24. The lowest BCUT2D eigenvalue weighted by molar-refractivity contribution is 0.150. The maximum Gasteiger partial charge on any atom is 0.317 e. The monoisotopic (exact) mass is 262 g/mol. The third-order valence-electron chi connectivity index (χ3n) is 3.14. The fourth-order valence-electron chi connectivity index (χ4n) is 2.39. The van der Waals surface area contributed by atoms with Crippen LogP contribution in [0.2, 0.25) is 0 Å². The second kappa shape index (κ2) is 4.43. The van der Waals surface area contributed by atoms with Crippen LogP contribution in [0.5, 0.6) is 0 Å². The van der Waals surface area contributed by atoms with E-state index in [9.17, 15) is 13.2 Å². The summed E-state index contributed by atoms with van der Waals surface area (Å²) in [6.45, 7) is 3.88. The Morgan fingerprint density at radius 2 is 2.29 bits per heavy atom. The minimum Gasteiger partial charge on any atom is -0.338 e. The number of piperidine rings is 1. The van der Waals surface area contributed by atoms with E-state index in [4.69, 9.17) is 0 Å². The van der Waals surface area contributed by atoms with Gasteiger partial charge in [0.25, 0.3) is 10.2 Å². The molecule has 0 aliphatic carbocycles. The standard InChI is InChI=1S/C9H18N4O3S/c1-2-10-8(14)13-5-3-4-9(7-13)6-11-17(15,16)12-9/h11-12H,2-7H2,1H3,(H,10,14). The Kier molecular flexibility index (Phi) is 3.28. The molecule has 2 aliphatic heterocycles. The van der Waals surface area contributed by atoms with Gasteiger partial charge in [0.2, 0.25) is 0 Å². The van der Waals surface area contributed by atoms with Crippen LogP contribution in [0.1, 0.15) is 19.8 Å². The molecule has 2 saturated heterocycles. The zero-order valence-corrected chi connectivity index (χ0v) is 10.6. The number of carbonyl (C=O) groups excluding carboxylic acids is 1. The Morgan fingerprint density at radius 3 is 2.88 bits per heavy atom. The molecule has 0 saturated carbocycles. The molecule has 98 valence electrons. The summed E-state index contributed by atoms with van der Waals surface area (Å²) in [5.41, 5.74) is -0.526. The predicted octanol–water partition coefficient (Wildman–Crippen LogP) is -1.01. The van der Waals surface area contributed by atoms with Crippen molar-refractivity contribution in [3.63, 3.8) is 0 Å². The smallest absolute Gasteiger partial charge is 0.317 e. The summed E-state index contributed by atoms with van der Waals surface area (Å²) in [5.74, 6) is 0. The normalized spacial score (nSPS) is 31.7. The van der Waals surface area contributed by atoms with Crippen molar-refractivity contribution in [3.05, 3.63) is 0 Å². The predicted molar refractivity (Wildman–Crippen MR) is 62.7 cm³/mol. The molecule has 1 unspecified atom stereocenters. The van der Waals surface area contributed by atoms with E-state index < -0.39 is 15.7 Å². The fraction of sp³-hybridized carbons (Fsp3) is 0.889. The van der Waals surface area contributed by atoms with Gasteiger partial charge >= 0.3 is 6.03 Å². The Labute approximate surface area is 101 Å². The van der Waals surface area contributed by atoms with Gasteiger partial charge in [0.1, 0.15) is 0 Å². The molecule has 2 heterocycles. The van der Waals surface area contributed by atoms with Crippen LogP contribution in [0.4, 0.5) is 4.79 Å². The van der Waals surface area contributed by atoms with E-state index in [1.165, 1.54) is 0 Å². The van der Waals surface area contributed by atoms with Crippen molar-refractivity contribution in [1.82, 2.24) is 19.7 Å². The number of hydrogen-bond acceptors (Lipinski definition) is 3. The molecule has 0 aromatic carbocycles. The van der Waals surface area contributed by atoms with Gasteiger partial charge in [0.05, 0.1) is 5.54 Å². The molecule has 2 aliphatic rings. The lowest BCUT2D eigenvalue weighted by Crippen LogP contribution is -2.59. The first-order chi connectivity index (χ1) is 7.96. The van der Waals surface area contributed by atoms with E-state index in [-0.39, 0.29) is 6.03 Å². The highest BCUT2D eigenvalue weighted by molar-refractivity contribution is 7.87. The Morgan fingerprint density at radius 1 is 1.53 bits per heavy atom. The molecular weight excluding hydrogens is 244 g/mol. The number of hydrogen-bond donors (Lipinski definition) is 3. The van der Waals surface area contributed by atoms with Crippen LogP contribution in [-0.4, -0.2) is 51.1 Å². The summed E-state index contributed by atoms with van der Waals surface area (Å²) in [5, 5.41) is 2.73. The van der Waals surface area contributed by atoms with E-state index in [1.54, 1.807) is 4.90 Å². The van der Waals surface area contributed by atoms with Gasteiger partial charge in [-0.25, -0.2) is 9.52 Å². The van der Waals surface area contributed by atoms with Crippen LogP contribution < -0.4 is 14.8 Å². The third kappa shape index (κ3) is 2.70. The van der Waals surface area contributed by atoms with Gasteiger partial charge in [-0.05, 0) is 19.8 Å². The molecule has 2 fully saturated rings. The molecule has 7 nitrogen and oxygen atoms in total. The Balaban J connectivity index is 2.05. The van der Waals surface area contributed by atoms with Crippen LogP contribution in [0.3, 0.4) is 0 Å². The highest BCUT2D eigenvalue weighted by atomic mass is 32.2. The second-order valence-electron chi connectivity index (χ2n) is 4.57. The molecular formula is C9H18N4O3S. The number of nitrogens with one attached hydrogen (secondary N) is 3. The van der Waals surface area contributed by atoms with Crippen molar-refractivity contribution in [1.29, 1.82) is 0 Å². The van der Waals surface area contributed by atoms with Gasteiger partial charge in [0.15, 0.2) is 0 Å². The summed E-state index contributed by atoms with van der Waals surface area (Å²) in [6.07, 6.45) is 1.57. The largest absolute Gasteiger partial charge is 0.338 e. The van der Waals surface area contributed by atoms with Crippen molar-refractivity contribution in [2.75, 3.05) is 26.2 Å². The van der Waals surface area contributed by atoms with Crippen LogP contribution in [0.15, 0.2) is 0 Å². The fourth-order valence-corrected chi connectivity index (χ4v) is 3.73. The minimum atomic E-state index is -3.37. The summed E-state index contributed by atoms with van der Waals surface area (Å²) in [4.78, 5) is 13.4. The van der Waals surface area contributed by atoms with E-state index in [1.807, 2.05) is 6.92 Å². The number of nitrogens with zero attached hydrogens (tertiary/aromatic N) is 1. The number of rotatable bonds is 1. The Hall–Kier alpha value is -0.860. The average molecular weight is 262 g/mol. The molecule has 1 atom stereocenters. The summed E-state index contributed by atoms with van der Waals surface area (Å²) < 4.78 is 27.8. The maximum atomic E-state index is 11.7. The number of amides is 2. The molecule has 0 aromatic heterocycles. The second-order valence-corrected chi connectivity index (χ2v) is 6.07. The zero-order chi connectivity index (χ0) is 12.5. The SMILES string of the molecule is CCNC(=O)N1CCCC2(CNS(=O)(=O)N2)C1. The number of carbonyl (C=O) groups is 1. The van der Waals surface area contributed by atoms with Crippen LogP contribution in [-0.2, 0) is 10.2 Å². The topological polar surface area (TPSA) is 90.5 Å². The van der Waals surface area contributed by atoms with Crippen LogP contribution in [0, 0.1) is 0 Å². The minimum absolute atomic E-state index is 0.127. The average Bonchev–Trinajstić information content (AvgIpc) is 2.54. The summed E-state index contributed by atoms with van der Waals surface area (Å²) in [6, 6.07) is -0.127. The van der Waals surface area contributed by atoms with E-state index in [0.717, 1.165) is 12.8 Å². The van der Waals surface area contributed by atoms with Crippen LogP contribution >= 0.6 is 0 Å². The molecule has 2 rings (SSSR count). The zero-order valence-electron chi connectivity index (χ0n) is 9.82. The quantitative estimate of drug-likeness (QED) is 0.565. The van der Waals surface area contributed by atoms with E-state index in [2.05, 4.69) is 14.8 Å². The molecule has 2 amide bonds. The van der Waals surface area contributed by atoms with Crippen molar-refractivity contribution >= 4 is 16.2 Å². The number of urea groups is 1. The van der Waals surface area contributed by atoms with Gasteiger partial charge in [-0.2, -0.15) is 13.1 Å². The number of likely N-dealkylation sites (tertiary alicyclic amines) is 1. The summed E-state index contributed by atoms with van der Waals surface area (Å²) >= 11 is 0. The molecule has 0 aromatic rings. The van der Waals surface area contributed by atoms with Gasteiger partial charge in [0, 0.05) is 26.2 Å². The van der Waals surface area contributed by atoms with Gasteiger partial charge < -0.3 is 10.2 Å². The van der Waals surface area contributed by atoms with Gasteiger partial charge in [-0.3, -0.25) is 0 Å². The lowest BCUT2D eigenvalue weighted by Gasteiger charge is -2.38. The highest BCUT2D eigenvalue weighted by Gasteiger charge is 2.44. The van der Waals surface area contributed by atoms with Crippen molar-refractivity contribution < 1.29 is 13.2 Å². The van der Waals surface area contributed by atoms with Crippen LogP contribution in [0.25, 0.3) is 0 Å². The molecule has 0 bridgehead atoms. The molecule has 3 N–H and O–H groups in total. The van der Waals surface area contributed by atoms with Crippen molar-refractivity contribution in [2.45, 2.75) is 25.3 Å². The van der Waals surface area contributed by atoms with Crippen molar-refractivity contribution in [2.24, 2.45) is 0 Å². The van der Waals surface area contributed by atoms with E-state index in [0.29, 0.717) is 26.2 Å². The first-order valence-corrected chi connectivity index (χ1v) is 7.26. The molecule has 8 heteroatoms.